The lowest BCUT2D eigenvalue weighted by Gasteiger charge is -2.02. The number of rotatable bonds is 3. The zero-order valence-corrected chi connectivity index (χ0v) is 11.6. The maximum absolute atomic E-state index is 13.8. The molecule has 0 saturated carbocycles. The van der Waals surface area contributed by atoms with Crippen molar-refractivity contribution >= 4 is 11.7 Å². The Bertz CT molecular complexity index is 705. The van der Waals surface area contributed by atoms with Gasteiger partial charge in [0.05, 0.1) is 0 Å². The summed E-state index contributed by atoms with van der Waals surface area (Å²) in [6, 6.07) is 2.89. The summed E-state index contributed by atoms with van der Waals surface area (Å²) >= 11 is 0. The van der Waals surface area contributed by atoms with Gasteiger partial charge in [0.25, 0.3) is 0 Å². The minimum atomic E-state index is -2.05. The van der Waals surface area contributed by atoms with Gasteiger partial charge in [-0.3, -0.25) is 0 Å². The van der Waals surface area contributed by atoms with Gasteiger partial charge in [0.1, 0.15) is 0 Å². The molecule has 0 aliphatic heterocycles. The molecule has 0 aliphatic rings. The minimum Gasteiger partial charge on any atom is -0.234 e. The van der Waals surface area contributed by atoms with Gasteiger partial charge in [-0.15, -0.1) is 0 Å². The summed E-state index contributed by atoms with van der Waals surface area (Å²) in [5.41, 5.74) is 0.694. The fraction of sp³-hybridized carbons (Fsp3) is 0.143. The van der Waals surface area contributed by atoms with Crippen molar-refractivity contribution in [3.05, 3.63) is 59.2 Å². The minimum absolute atomic E-state index is 0.347. The normalized spacial score (nSPS) is 13.5. The quantitative estimate of drug-likeness (QED) is 0.639. The largest absolute Gasteiger partial charge is 0.234 e. The van der Waals surface area contributed by atoms with Gasteiger partial charge in [0.2, 0.25) is 23.3 Å². The van der Waals surface area contributed by atoms with Gasteiger partial charge in [-0.25, -0.2) is 28.7 Å². The standard InChI is InChI=1S/C14H10F4N4/c1-7-3-5-19-13(21-7)11(17)9(15)10(16)12(18)14-20-6-4-8(2)22-14/h3-6H,1-2H3/b11-9+,12-10+. The van der Waals surface area contributed by atoms with Crippen molar-refractivity contribution in [3.8, 4) is 0 Å². The van der Waals surface area contributed by atoms with E-state index in [1.54, 1.807) is 0 Å². The van der Waals surface area contributed by atoms with Crippen LogP contribution in [0.1, 0.15) is 23.0 Å². The van der Waals surface area contributed by atoms with Gasteiger partial charge >= 0.3 is 0 Å². The molecule has 2 aromatic heterocycles. The molecule has 2 aromatic rings. The highest BCUT2D eigenvalue weighted by Gasteiger charge is 2.22. The smallest absolute Gasteiger partial charge is 0.206 e. The van der Waals surface area contributed by atoms with E-state index in [0.717, 1.165) is 0 Å². The molecule has 2 heterocycles. The number of nitrogens with zero attached hydrogens (tertiary/aromatic N) is 4. The number of halogens is 4. The van der Waals surface area contributed by atoms with Crippen LogP contribution in [-0.2, 0) is 0 Å². The summed E-state index contributed by atoms with van der Waals surface area (Å²) in [7, 11) is 0. The molecule has 22 heavy (non-hydrogen) atoms. The number of aromatic nitrogens is 4. The Hall–Kier alpha value is -2.64. The van der Waals surface area contributed by atoms with Crippen LogP contribution in [0, 0.1) is 13.8 Å². The summed E-state index contributed by atoms with van der Waals surface area (Å²) in [5, 5.41) is 0. The van der Waals surface area contributed by atoms with Crippen LogP contribution in [-0.4, -0.2) is 19.9 Å². The number of aryl methyl sites for hydroxylation is 2. The first kappa shape index (κ1) is 15.7. The summed E-state index contributed by atoms with van der Waals surface area (Å²) in [6.07, 6.45) is 2.35. The summed E-state index contributed by atoms with van der Waals surface area (Å²) < 4.78 is 55.1. The molecular weight excluding hydrogens is 300 g/mol. The van der Waals surface area contributed by atoms with Gasteiger partial charge in [-0.1, -0.05) is 0 Å². The summed E-state index contributed by atoms with van der Waals surface area (Å²) in [4.78, 5) is 14.1. The van der Waals surface area contributed by atoms with Crippen molar-refractivity contribution in [2.75, 3.05) is 0 Å². The third-order valence-corrected chi connectivity index (χ3v) is 2.56. The molecule has 0 bridgehead atoms. The molecule has 0 N–H and O–H groups in total. The predicted octanol–water partition coefficient (Wildman–Crippen LogP) is 3.80. The number of allylic oxidation sites excluding steroid dienone is 2. The van der Waals surface area contributed by atoms with E-state index < -0.39 is 35.0 Å². The molecule has 2 rings (SSSR count). The molecule has 0 spiro atoms. The zero-order valence-electron chi connectivity index (χ0n) is 11.6. The van der Waals surface area contributed by atoms with E-state index in [0.29, 0.717) is 11.4 Å². The molecule has 0 fully saturated rings. The lowest BCUT2D eigenvalue weighted by molar-refractivity contribution is 0.516. The van der Waals surface area contributed by atoms with Crippen LogP contribution in [0.15, 0.2) is 36.2 Å². The van der Waals surface area contributed by atoms with Crippen LogP contribution < -0.4 is 0 Å². The van der Waals surface area contributed by atoms with Gasteiger partial charge < -0.3 is 0 Å². The fourth-order valence-electron chi connectivity index (χ4n) is 1.50. The van der Waals surface area contributed by atoms with Crippen molar-refractivity contribution in [1.29, 1.82) is 0 Å². The van der Waals surface area contributed by atoms with Gasteiger partial charge in [0, 0.05) is 23.8 Å². The van der Waals surface area contributed by atoms with Crippen molar-refractivity contribution in [3.63, 3.8) is 0 Å². The molecule has 0 atom stereocenters. The molecule has 0 aromatic carbocycles. The first-order valence-corrected chi connectivity index (χ1v) is 6.11. The van der Waals surface area contributed by atoms with Crippen LogP contribution >= 0.6 is 0 Å². The molecule has 4 nitrogen and oxygen atoms in total. The molecular formula is C14H10F4N4. The SMILES string of the molecule is Cc1ccnc(/C(F)=C(F)/C(F)=C(\F)c2nccc(C)n2)n1. The van der Waals surface area contributed by atoms with Gasteiger partial charge in [-0.2, -0.15) is 8.78 Å². The molecule has 0 amide bonds. The zero-order chi connectivity index (χ0) is 16.3. The second kappa shape index (κ2) is 6.42. The van der Waals surface area contributed by atoms with Crippen LogP contribution in [0.4, 0.5) is 17.6 Å². The topological polar surface area (TPSA) is 51.6 Å². The Balaban J connectivity index is 2.48. The Morgan fingerprint density at radius 1 is 0.727 bits per heavy atom. The third-order valence-electron chi connectivity index (χ3n) is 2.56. The fourth-order valence-corrected chi connectivity index (χ4v) is 1.50. The monoisotopic (exact) mass is 310 g/mol. The molecule has 0 aliphatic carbocycles. The van der Waals surface area contributed by atoms with Crippen LogP contribution in [0.3, 0.4) is 0 Å². The van der Waals surface area contributed by atoms with Crippen molar-refractivity contribution in [1.82, 2.24) is 19.9 Å². The summed E-state index contributed by atoms with van der Waals surface area (Å²) in [6.45, 7) is 3.04. The molecule has 8 heteroatoms. The van der Waals surface area contributed by atoms with E-state index in [1.165, 1.54) is 38.4 Å². The maximum Gasteiger partial charge on any atom is 0.206 e. The molecule has 114 valence electrons. The average molecular weight is 310 g/mol. The predicted molar refractivity (Wildman–Crippen MR) is 71.8 cm³/mol. The summed E-state index contributed by atoms with van der Waals surface area (Å²) in [5.74, 6) is -8.86. The molecule has 0 saturated heterocycles. The maximum atomic E-state index is 13.8. The van der Waals surface area contributed by atoms with Crippen LogP contribution in [0.2, 0.25) is 0 Å². The highest BCUT2D eigenvalue weighted by Crippen LogP contribution is 2.30. The van der Waals surface area contributed by atoms with E-state index >= 15 is 0 Å². The lowest BCUT2D eigenvalue weighted by atomic mass is 10.3. The Morgan fingerprint density at radius 3 is 1.41 bits per heavy atom. The third kappa shape index (κ3) is 3.33. The van der Waals surface area contributed by atoms with Crippen LogP contribution in [0.25, 0.3) is 11.7 Å². The Morgan fingerprint density at radius 2 is 1.09 bits per heavy atom. The highest BCUT2D eigenvalue weighted by atomic mass is 19.2. The first-order chi connectivity index (χ1) is 10.4. The molecule has 0 radical (unpaired) electrons. The lowest BCUT2D eigenvalue weighted by Crippen LogP contribution is -1.97. The average Bonchev–Trinajstić information content (AvgIpc) is 2.52. The van der Waals surface area contributed by atoms with Crippen LogP contribution in [0.5, 0.6) is 0 Å². The Labute approximate surface area is 123 Å². The second-order valence-electron chi connectivity index (χ2n) is 4.30. The van der Waals surface area contributed by atoms with E-state index in [4.69, 9.17) is 0 Å². The van der Waals surface area contributed by atoms with Crippen molar-refractivity contribution in [2.45, 2.75) is 13.8 Å². The number of hydrogen-bond acceptors (Lipinski definition) is 4. The number of hydrogen-bond donors (Lipinski definition) is 0. The van der Waals surface area contributed by atoms with E-state index in [-0.39, 0.29) is 0 Å². The van der Waals surface area contributed by atoms with E-state index in [9.17, 15) is 17.6 Å². The first-order valence-electron chi connectivity index (χ1n) is 6.11. The Kier molecular flexibility index (Phi) is 4.59. The molecule has 0 unspecified atom stereocenters. The van der Waals surface area contributed by atoms with Crippen molar-refractivity contribution in [2.24, 2.45) is 0 Å². The van der Waals surface area contributed by atoms with Gasteiger partial charge in [0.15, 0.2) is 11.6 Å². The van der Waals surface area contributed by atoms with Gasteiger partial charge in [-0.05, 0) is 26.0 Å². The van der Waals surface area contributed by atoms with E-state index in [1.807, 2.05) is 0 Å². The highest BCUT2D eigenvalue weighted by molar-refractivity contribution is 5.66. The van der Waals surface area contributed by atoms with E-state index in [2.05, 4.69) is 19.9 Å². The second-order valence-corrected chi connectivity index (χ2v) is 4.30. The van der Waals surface area contributed by atoms with Crippen molar-refractivity contribution < 1.29 is 17.6 Å².